The molecule has 1 fully saturated rings. The zero-order chi connectivity index (χ0) is 9.52. The molecule has 1 saturated heterocycles. The number of hydrogen-bond donors (Lipinski definition) is 1. The fraction of sp³-hybridized carbons (Fsp3) is 1.00. The summed E-state index contributed by atoms with van der Waals surface area (Å²) in [6, 6.07) is 0. The monoisotopic (exact) mass is 186 g/mol. The fourth-order valence-corrected chi connectivity index (χ4v) is 1.87. The van der Waals surface area contributed by atoms with Gasteiger partial charge in [0, 0.05) is 6.61 Å². The van der Waals surface area contributed by atoms with Crippen LogP contribution in [0.5, 0.6) is 0 Å². The second-order valence-corrected chi connectivity index (χ2v) is 3.97. The highest BCUT2D eigenvalue weighted by molar-refractivity contribution is 4.73. The Kier molecular flexibility index (Phi) is 5.40. The van der Waals surface area contributed by atoms with Gasteiger partial charge in [0.1, 0.15) is 0 Å². The fourth-order valence-electron chi connectivity index (χ4n) is 1.87. The van der Waals surface area contributed by atoms with Gasteiger partial charge in [-0.3, -0.25) is 0 Å². The van der Waals surface area contributed by atoms with Crippen molar-refractivity contribution >= 4 is 0 Å². The van der Waals surface area contributed by atoms with E-state index in [9.17, 15) is 5.11 Å². The van der Waals surface area contributed by atoms with E-state index in [2.05, 4.69) is 6.92 Å². The van der Waals surface area contributed by atoms with Crippen LogP contribution in [0, 0.1) is 0 Å². The van der Waals surface area contributed by atoms with Crippen molar-refractivity contribution < 1.29 is 9.84 Å². The molecule has 2 nitrogen and oxygen atoms in total. The van der Waals surface area contributed by atoms with E-state index in [-0.39, 0.29) is 12.2 Å². The maximum atomic E-state index is 9.72. The Hall–Kier alpha value is -0.0800. The van der Waals surface area contributed by atoms with Crippen LogP contribution < -0.4 is 0 Å². The molecule has 0 saturated carbocycles. The van der Waals surface area contributed by atoms with Crippen LogP contribution >= 0.6 is 0 Å². The first-order valence-corrected chi connectivity index (χ1v) is 5.64. The van der Waals surface area contributed by atoms with Crippen LogP contribution in [0.3, 0.4) is 0 Å². The maximum Gasteiger partial charge on any atom is 0.0834 e. The van der Waals surface area contributed by atoms with Crippen molar-refractivity contribution in [2.24, 2.45) is 0 Å². The Morgan fingerprint density at radius 3 is 2.85 bits per heavy atom. The third-order valence-electron chi connectivity index (χ3n) is 2.75. The summed E-state index contributed by atoms with van der Waals surface area (Å²) in [5.41, 5.74) is 0. The normalized spacial score (nSPS) is 24.9. The molecule has 1 aliphatic rings. The standard InChI is InChI=1S/C11H22O2/c1-2-3-4-5-7-10(12)11-8-6-9-13-11/h10-12H,2-9H2,1H3. The predicted molar refractivity (Wildman–Crippen MR) is 53.7 cm³/mol. The van der Waals surface area contributed by atoms with Crippen molar-refractivity contribution in [3.8, 4) is 0 Å². The first kappa shape index (κ1) is 11.0. The number of rotatable bonds is 6. The van der Waals surface area contributed by atoms with Crippen LogP contribution in [0.15, 0.2) is 0 Å². The molecule has 0 aromatic rings. The molecule has 0 amide bonds. The zero-order valence-corrected chi connectivity index (χ0v) is 8.67. The molecule has 1 N–H and O–H groups in total. The largest absolute Gasteiger partial charge is 0.390 e. The second kappa shape index (κ2) is 6.39. The minimum absolute atomic E-state index is 0.140. The van der Waals surface area contributed by atoms with Gasteiger partial charge in [-0.2, -0.15) is 0 Å². The Morgan fingerprint density at radius 1 is 1.38 bits per heavy atom. The van der Waals surface area contributed by atoms with E-state index in [0.717, 1.165) is 32.3 Å². The van der Waals surface area contributed by atoms with Crippen molar-refractivity contribution in [1.82, 2.24) is 0 Å². The molecule has 1 aliphatic heterocycles. The average Bonchev–Trinajstić information content (AvgIpc) is 2.65. The molecule has 2 unspecified atom stereocenters. The molecular formula is C11H22O2. The quantitative estimate of drug-likeness (QED) is 0.646. The minimum Gasteiger partial charge on any atom is -0.390 e. The van der Waals surface area contributed by atoms with Crippen LogP contribution in [0.25, 0.3) is 0 Å². The Morgan fingerprint density at radius 2 is 2.23 bits per heavy atom. The van der Waals surface area contributed by atoms with Crippen molar-refractivity contribution in [1.29, 1.82) is 0 Å². The zero-order valence-electron chi connectivity index (χ0n) is 8.67. The lowest BCUT2D eigenvalue weighted by molar-refractivity contribution is -0.00635. The minimum atomic E-state index is -0.209. The summed E-state index contributed by atoms with van der Waals surface area (Å²) in [4.78, 5) is 0. The number of unbranched alkanes of at least 4 members (excludes halogenated alkanes) is 3. The summed E-state index contributed by atoms with van der Waals surface area (Å²) < 4.78 is 5.42. The van der Waals surface area contributed by atoms with E-state index in [1.54, 1.807) is 0 Å². The third kappa shape index (κ3) is 4.10. The first-order valence-electron chi connectivity index (χ1n) is 5.64. The predicted octanol–water partition coefficient (Wildman–Crippen LogP) is 2.50. The van der Waals surface area contributed by atoms with Gasteiger partial charge in [-0.25, -0.2) is 0 Å². The summed E-state index contributed by atoms with van der Waals surface area (Å²) in [5.74, 6) is 0. The smallest absolute Gasteiger partial charge is 0.0834 e. The summed E-state index contributed by atoms with van der Waals surface area (Å²) in [5, 5.41) is 9.72. The lowest BCUT2D eigenvalue weighted by Crippen LogP contribution is -2.24. The van der Waals surface area contributed by atoms with E-state index in [1.165, 1.54) is 19.3 Å². The van der Waals surface area contributed by atoms with Crippen molar-refractivity contribution in [2.75, 3.05) is 6.61 Å². The Bertz CT molecular complexity index is 119. The number of aliphatic hydroxyl groups is 1. The van der Waals surface area contributed by atoms with Crippen LogP contribution in [-0.4, -0.2) is 23.9 Å². The van der Waals surface area contributed by atoms with Gasteiger partial charge in [0.15, 0.2) is 0 Å². The summed E-state index contributed by atoms with van der Waals surface area (Å²) in [6.07, 6.45) is 7.97. The van der Waals surface area contributed by atoms with Crippen LogP contribution in [0.4, 0.5) is 0 Å². The summed E-state index contributed by atoms with van der Waals surface area (Å²) in [6.45, 7) is 3.05. The first-order chi connectivity index (χ1) is 6.34. The lowest BCUT2D eigenvalue weighted by Gasteiger charge is -2.16. The highest BCUT2D eigenvalue weighted by Crippen LogP contribution is 2.19. The van der Waals surface area contributed by atoms with Crippen LogP contribution in [0.1, 0.15) is 51.9 Å². The number of aliphatic hydroxyl groups excluding tert-OH is 1. The molecule has 78 valence electrons. The molecule has 0 radical (unpaired) electrons. The van der Waals surface area contributed by atoms with Crippen LogP contribution in [0.2, 0.25) is 0 Å². The second-order valence-electron chi connectivity index (χ2n) is 3.97. The molecule has 0 bridgehead atoms. The van der Waals surface area contributed by atoms with Crippen molar-refractivity contribution in [2.45, 2.75) is 64.1 Å². The molecule has 1 heterocycles. The van der Waals surface area contributed by atoms with E-state index in [4.69, 9.17) is 4.74 Å². The summed E-state index contributed by atoms with van der Waals surface area (Å²) in [7, 11) is 0. The SMILES string of the molecule is CCCCCCC(O)C1CCCO1. The van der Waals surface area contributed by atoms with E-state index < -0.39 is 0 Å². The molecule has 1 rings (SSSR count). The molecule has 2 heteroatoms. The highest BCUT2D eigenvalue weighted by atomic mass is 16.5. The van der Waals surface area contributed by atoms with E-state index >= 15 is 0 Å². The van der Waals surface area contributed by atoms with Gasteiger partial charge in [-0.15, -0.1) is 0 Å². The number of hydrogen-bond acceptors (Lipinski definition) is 2. The van der Waals surface area contributed by atoms with Crippen molar-refractivity contribution in [3.63, 3.8) is 0 Å². The van der Waals surface area contributed by atoms with E-state index in [1.807, 2.05) is 0 Å². The van der Waals surface area contributed by atoms with Gasteiger partial charge in [0.05, 0.1) is 12.2 Å². The van der Waals surface area contributed by atoms with Crippen LogP contribution in [-0.2, 0) is 4.74 Å². The lowest BCUT2D eigenvalue weighted by atomic mass is 10.0. The van der Waals surface area contributed by atoms with Crippen molar-refractivity contribution in [3.05, 3.63) is 0 Å². The Balaban J connectivity index is 1.99. The van der Waals surface area contributed by atoms with Gasteiger partial charge in [0.2, 0.25) is 0 Å². The van der Waals surface area contributed by atoms with Gasteiger partial charge in [0.25, 0.3) is 0 Å². The highest BCUT2D eigenvalue weighted by Gasteiger charge is 2.23. The number of ether oxygens (including phenoxy) is 1. The molecule has 0 aliphatic carbocycles. The summed E-state index contributed by atoms with van der Waals surface area (Å²) >= 11 is 0. The van der Waals surface area contributed by atoms with Gasteiger partial charge >= 0.3 is 0 Å². The molecule has 2 atom stereocenters. The molecule has 13 heavy (non-hydrogen) atoms. The van der Waals surface area contributed by atoms with Gasteiger partial charge in [-0.1, -0.05) is 32.6 Å². The maximum absolute atomic E-state index is 9.72. The third-order valence-corrected chi connectivity index (χ3v) is 2.75. The Labute approximate surface area is 81.3 Å². The molecule has 0 aromatic carbocycles. The average molecular weight is 186 g/mol. The van der Waals surface area contributed by atoms with Gasteiger partial charge in [-0.05, 0) is 19.3 Å². The molecule has 0 spiro atoms. The molecule has 0 aromatic heterocycles. The van der Waals surface area contributed by atoms with E-state index in [0.29, 0.717) is 0 Å². The molecular weight excluding hydrogens is 164 g/mol. The topological polar surface area (TPSA) is 29.5 Å². The van der Waals surface area contributed by atoms with Gasteiger partial charge < -0.3 is 9.84 Å².